The van der Waals surface area contributed by atoms with Crippen molar-refractivity contribution < 1.29 is 14.7 Å². The van der Waals surface area contributed by atoms with Crippen molar-refractivity contribution in [3.63, 3.8) is 0 Å². The summed E-state index contributed by atoms with van der Waals surface area (Å²) in [5, 5.41) is 29.2. The van der Waals surface area contributed by atoms with Gasteiger partial charge in [-0.3, -0.25) is 19.1 Å². The molecule has 52 heavy (non-hydrogen) atoms. The Morgan fingerprint density at radius 3 is 2.52 bits per heavy atom. The second-order valence-corrected chi connectivity index (χ2v) is 15.4. The van der Waals surface area contributed by atoms with Crippen molar-refractivity contribution in [1.82, 2.24) is 44.5 Å². The molecule has 0 saturated carbocycles. The lowest BCUT2D eigenvalue weighted by Gasteiger charge is -2.47. The number of carbonyl (C=O) groups excluding carboxylic acids is 1. The highest BCUT2D eigenvalue weighted by molar-refractivity contribution is 5.97. The lowest BCUT2D eigenvalue weighted by Crippen LogP contribution is -2.50. The number of aryl methyl sites for hydroxylation is 1. The molecule has 5 aromatic rings. The monoisotopic (exact) mass is 702 g/mol. The van der Waals surface area contributed by atoms with Crippen molar-refractivity contribution >= 4 is 28.5 Å². The predicted octanol–water partition coefficient (Wildman–Crippen LogP) is 5.08. The SMILES string of the molecule is CC(=O)N1CCc2c(c(-c3cccc4cc(-c5cnn(C)c5)ncc34)nn2C2CCN(CC3CCN(c4ccc(C(=O)O)nn4)CC3(C)C)CC2)C1. The fraction of sp³-hybridized carbons (Fsp3) is 0.462. The Kier molecular flexibility index (Phi) is 8.76. The number of hydrogen-bond donors (Lipinski definition) is 1. The van der Waals surface area contributed by atoms with Gasteiger partial charge in [0.05, 0.1) is 23.6 Å². The van der Waals surface area contributed by atoms with Gasteiger partial charge in [-0.25, -0.2) is 4.79 Å². The highest BCUT2D eigenvalue weighted by Crippen LogP contribution is 2.40. The number of carboxylic acid groups (broad SMARTS) is 1. The highest BCUT2D eigenvalue weighted by Gasteiger charge is 2.38. The van der Waals surface area contributed by atoms with Crippen molar-refractivity contribution in [2.75, 3.05) is 44.2 Å². The summed E-state index contributed by atoms with van der Waals surface area (Å²) in [5.41, 5.74) is 6.32. The second kappa shape index (κ2) is 13.4. The summed E-state index contributed by atoms with van der Waals surface area (Å²) in [7, 11) is 1.91. The molecule has 13 nitrogen and oxygen atoms in total. The van der Waals surface area contributed by atoms with E-state index >= 15 is 0 Å². The Balaban J connectivity index is 0.996. The zero-order chi connectivity index (χ0) is 36.1. The fourth-order valence-corrected chi connectivity index (χ4v) is 8.53. The van der Waals surface area contributed by atoms with Crippen molar-refractivity contribution in [2.24, 2.45) is 18.4 Å². The van der Waals surface area contributed by atoms with Crippen LogP contribution in [-0.4, -0.2) is 101 Å². The maximum atomic E-state index is 12.6. The molecule has 3 aliphatic heterocycles. The molecule has 2 saturated heterocycles. The lowest BCUT2D eigenvalue weighted by molar-refractivity contribution is -0.129. The smallest absolute Gasteiger partial charge is 0.356 e. The molecule has 1 aromatic carbocycles. The Hall–Kier alpha value is -5.17. The van der Waals surface area contributed by atoms with Gasteiger partial charge in [-0.15, -0.1) is 10.2 Å². The van der Waals surface area contributed by atoms with Gasteiger partial charge >= 0.3 is 5.97 Å². The predicted molar refractivity (Wildman–Crippen MR) is 198 cm³/mol. The summed E-state index contributed by atoms with van der Waals surface area (Å²) < 4.78 is 4.10. The Morgan fingerprint density at radius 1 is 1.00 bits per heavy atom. The van der Waals surface area contributed by atoms with Gasteiger partial charge in [-0.1, -0.05) is 32.0 Å². The number of aromatic carboxylic acids is 1. The number of benzene rings is 1. The van der Waals surface area contributed by atoms with Crippen LogP contribution in [0.4, 0.5) is 5.82 Å². The van der Waals surface area contributed by atoms with Gasteiger partial charge < -0.3 is 19.8 Å². The number of anilines is 1. The third kappa shape index (κ3) is 6.42. The molecular weight excluding hydrogens is 656 g/mol. The van der Waals surface area contributed by atoms with Gasteiger partial charge in [0.1, 0.15) is 0 Å². The van der Waals surface area contributed by atoms with E-state index in [1.54, 1.807) is 17.7 Å². The number of amides is 1. The number of fused-ring (bicyclic) bond motifs is 2. The van der Waals surface area contributed by atoms with Crippen LogP contribution in [-0.2, 0) is 24.8 Å². The first-order valence-electron chi connectivity index (χ1n) is 18.3. The van der Waals surface area contributed by atoms with E-state index in [4.69, 9.17) is 10.1 Å². The Bertz CT molecular complexity index is 2130. The molecule has 0 spiro atoms. The summed E-state index contributed by atoms with van der Waals surface area (Å²) in [4.78, 5) is 35.4. The van der Waals surface area contributed by atoms with E-state index in [1.165, 1.54) is 11.8 Å². The van der Waals surface area contributed by atoms with Crippen LogP contribution in [0, 0.1) is 11.3 Å². The first kappa shape index (κ1) is 33.9. The van der Waals surface area contributed by atoms with Crippen molar-refractivity contribution in [2.45, 2.75) is 59.0 Å². The third-order valence-electron chi connectivity index (χ3n) is 11.6. The van der Waals surface area contributed by atoms with Crippen LogP contribution in [0.1, 0.15) is 67.8 Å². The summed E-state index contributed by atoms with van der Waals surface area (Å²) in [5.74, 6) is 0.302. The molecule has 0 aliphatic carbocycles. The minimum Gasteiger partial charge on any atom is -0.476 e. The molecule has 0 bridgehead atoms. The number of nitrogens with zero attached hydrogens (tertiary/aromatic N) is 10. The van der Waals surface area contributed by atoms with Gasteiger partial charge in [0.25, 0.3) is 0 Å². The van der Waals surface area contributed by atoms with Gasteiger partial charge in [-0.2, -0.15) is 10.2 Å². The van der Waals surface area contributed by atoms with E-state index in [2.05, 4.69) is 67.9 Å². The van der Waals surface area contributed by atoms with E-state index in [0.29, 0.717) is 25.0 Å². The molecule has 0 radical (unpaired) electrons. The van der Waals surface area contributed by atoms with Crippen LogP contribution < -0.4 is 4.90 Å². The van der Waals surface area contributed by atoms with Gasteiger partial charge in [-0.05, 0) is 54.2 Å². The summed E-state index contributed by atoms with van der Waals surface area (Å²) in [6.07, 6.45) is 9.67. The van der Waals surface area contributed by atoms with E-state index in [1.807, 2.05) is 30.5 Å². The molecule has 3 aliphatic rings. The normalized spacial score (nSPS) is 19.6. The zero-order valence-corrected chi connectivity index (χ0v) is 30.4. The summed E-state index contributed by atoms with van der Waals surface area (Å²) in [6.45, 7) is 12.4. The molecule has 1 atom stereocenters. The number of likely N-dealkylation sites (tertiary alicyclic amines) is 1. The first-order valence-corrected chi connectivity index (χ1v) is 18.3. The number of carboxylic acids is 1. The molecule has 13 heteroatoms. The van der Waals surface area contributed by atoms with Crippen LogP contribution in [0.3, 0.4) is 0 Å². The van der Waals surface area contributed by atoms with Crippen molar-refractivity contribution in [3.8, 4) is 22.5 Å². The topological polar surface area (TPSA) is 138 Å². The Morgan fingerprint density at radius 2 is 1.83 bits per heavy atom. The highest BCUT2D eigenvalue weighted by atomic mass is 16.4. The molecule has 1 amide bonds. The van der Waals surface area contributed by atoms with Crippen LogP contribution in [0.15, 0.2) is 55.0 Å². The first-order chi connectivity index (χ1) is 25.0. The van der Waals surface area contributed by atoms with E-state index < -0.39 is 5.97 Å². The van der Waals surface area contributed by atoms with Gasteiger partial charge in [0.15, 0.2) is 11.5 Å². The van der Waals surface area contributed by atoms with Crippen molar-refractivity contribution in [3.05, 3.63) is 71.9 Å². The minimum absolute atomic E-state index is 0.0345. The average molecular weight is 703 g/mol. The number of aromatic nitrogens is 7. The average Bonchev–Trinajstić information content (AvgIpc) is 3.75. The maximum absolute atomic E-state index is 12.6. The molecule has 2 fully saturated rings. The number of rotatable bonds is 7. The van der Waals surface area contributed by atoms with Crippen LogP contribution in [0.2, 0.25) is 0 Å². The molecular formula is C39H46N10O3. The maximum Gasteiger partial charge on any atom is 0.356 e. The quantitative estimate of drug-likeness (QED) is 0.244. The lowest BCUT2D eigenvalue weighted by atomic mass is 9.73. The molecule has 4 aromatic heterocycles. The van der Waals surface area contributed by atoms with E-state index in [0.717, 1.165) is 103 Å². The van der Waals surface area contributed by atoms with Crippen LogP contribution in [0.5, 0.6) is 0 Å². The molecule has 8 rings (SSSR count). The zero-order valence-electron chi connectivity index (χ0n) is 30.4. The van der Waals surface area contributed by atoms with Crippen LogP contribution in [0.25, 0.3) is 33.3 Å². The van der Waals surface area contributed by atoms with Gasteiger partial charge in [0.2, 0.25) is 5.91 Å². The number of piperidine rings is 2. The number of carbonyl (C=O) groups is 2. The fourth-order valence-electron chi connectivity index (χ4n) is 8.53. The third-order valence-corrected chi connectivity index (χ3v) is 11.6. The van der Waals surface area contributed by atoms with Crippen molar-refractivity contribution in [1.29, 1.82) is 0 Å². The summed E-state index contributed by atoms with van der Waals surface area (Å²) in [6, 6.07) is 12.1. The van der Waals surface area contributed by atoms with E-state index in [-0.39, 0.29) is 17.0 Å². The molecule has 1 N–H and O–H groups in total. The molecule has 270 valence electrons. The number of hydrogen-bond acceptors (Lipinski definition) is 9. The molecule has 1 unspecified atom stereocenters. The Labute approximate surface area is 303 Å². The molecule has 7 heterocycles. The van der Waals surface area contributed by atoms with E-state index in [9.17, 15) is 14.7 Å². The van der Waals surface area contributed by atoms with Gasteiger partial charge in [0, 0.05) is 106 Å². The second-order valence-electron chi connectivity index (χ2n) is 15.4. The number of pyridine rings is 1. The van der Waals surface area contributed by atoms with Crippen LogP contribution >= 0.6 is 0 Å². The standard InChI is InChI=1S/C39H46N10O3/c1-25(50)47-17-13-35-32(23-47)37(30-7-5-6-26-18-34(40-20-31(26)30)27-19-41-45(4)21-27)44-49(35)29-11-14-46(15-12-29)22-28-10-16-48(24-39(28,2)3)36-9-8-33(38(51)52)42-43-36/h5-9,18-21,28-29H,10-17,22-24H2,1-4H3,(H,51,52). The summed E-state index contributed by atoms with van der Waals surface area (Å²) >= 11 is 0. The largest absolute Gasteiger partial charge is 0.476 e. The minimum atomic E-state index is -1.06.